The highest BCUT2D eigenvalue weighted by Crippen LogP contribution is 2.19. The average Bonchev–Trinajstić information content (AvgIpc) is 2.47. The molecule has 0 aliphatic rings. The van der Waals surface area contributed by atoms with Gasteiger partial charge in [-0.15, -0.1) is 11.3 Å². The summed E-state index contributed by atoms with van der Waals surface area (Å²) in [6.07, 6.45) is 3.03. The normalized spacial score (nSPS) is 10.5. The van der Waals surface area contributed by atoms with E-state index in [1.807, 2.05) is 0 Å². The van der Waals surface area contributed by atoms with Crippen LogP contribution in [0, 0.1) is 0 Å². The largest absolute Gasteiger partial charge is 0.466 e. The number of esters is 1. The van der Waals surface area contributed by atoms with Crippen LogP contribution in [0.2, 0.25) is 5.02 Å². The van der Waals surface area contributed by atoms with Crippen LogP contribution in [0.15, 0.2) is 17.5 Å². The van der Waals surface area contributed by atoms with Crippen LogP contribution >= 0.6 is 22.9 Å². The van der Waals surface area contributed by atoms with Crippen molar-refractivity contribution in [1.29, 1.82) is 0 Å². The number of hydrogen-bond donors (Lipinski definition) is 0. The van der Waals surface area contributed by atoms with Gasteiger partial charge in [-0.2, -0.15) is 0 Å². The molecule has 0 saturated carbocycles. The molecule has 0 amide bonds. The molecule has 1 heterocycles. The van der Waals surface area contributed by atoms with Crippen LogP contribution in [0.25, 0.3) is 6.08 Å². The lowest BCUT2D eigenvalue weighted by Gasteiger charge is -1.87. The number of ether oxygens (including phenoxy) is 1. The molecular weight excluding hydrogens is 196 g/mol. The predicted molar refractivity (Wildman–Crippen MR) is 50.4 cm³/mol. The van der Waals surface area contributed by atoms with Gasteiger partial charge in [-0.25, -0.2) is 4.79 Å². The first kappa shape index (κ1) is 9.29. The van der Waals surface area contributed by atoms with Crippen molar-refractivity contribution in [2.24, 2.45) is 0 Å². The third-order valence-electron chi connectivity index (χ3n) is 1.17. The van der Waals surface area contributed by atoms with E-state index in [9.17, 15) is 4.79 Å². The Morgan fingerprint density at radius 2 is 2.50 bits per heavy atom. The van der Waals surface area contributed by atoms with E-state index < -0.39 is 0 Å². The van der Waals surface area contributed by atoms with E-state index in [4.69, 9.17) is 11.6 Å². The van der Waals surface area contributed by atoms with Crippen molar-refractivity contribution in [2.45, 2.75) is 0 Å². The van der Waals surface area contributed by atoms with Crippen molar-refractivity contribution in [2.75, 3.05) is 7.11 Å². The first-order valence-electron chi connectivity index (χ1n) is 3.22. The van der Waals surface area contributed by atoms with Gasteiger partial charge in [-0.05, 0) is 12.1 Å². The molecule has 0 N–H and O–H groups in total. The minimum Gasteiger partial charge on any atom is -0.466 e. The number of carbonyl (C=O) groups excluding carboxylic acids is 1. The molecule has 12 heavy (non-hydrogen) atoms. The van der Waals surface area contributed by atoms with Crippen LogP contribution in [0.3, 0.4) is 0 Å². The Hall–Kier alpha value is -0.800. The maximum atomic E-state index is 10.7. The van der Waals surface area contributed by atoms with Crippen LogP contribution < -0.4 is 0 Å². The van der Waals surface area contributed by atoms with Crippen LogP contribution in [-0.4, -0.2) is 13.1 Å². The zero-order chi connectivity index (χ0) is 8.97. The molecule has 2 nitrogen and oxygen atoms in total. The highest BCUT2D eigenvalue weighted by molar-refractivity contribution is 7.11. The Morgan fingerprint density at radius 3 is 3.00 bits per heavy atom. The van der Waals surface area contributed by atoms with Gasteiger partial charge in [-0.3, -0.25) is 0 Å². The lowest BCUT2D eigenvalue weighted by molar-refractivity contribution is -0.134. The van der Waals surface area contributed by atoms with Gasteiger partial charge in [0.15, 0.2) is 0 Å². The van der Waals surface area contributed by atoms with Gasteiger partial charge >= 0.3 is 5.97 Å². The van der Waals surface area contributed by atoms with E-state index >= 15 is 0 Å². The van der Waals surface area contributed by atoms with Gasteiger partial charge in [-0.1, -0.05) is 11.6 Å². The summed E-state index contributed by atoms with van der Waals surface area (Å²) in [6.45, 7) is 0. The van der Waals surface area contributed by atoms with E-state index in [1.165, 1.54) is 24.5 Å². The monoisotopic (exact) mass is 202 g/mol. The summed E-state index contributed by atoms with van der Waals surface area (Å²) in [7, 11) is 1.34. The van der Waals surface area contributed by atoms with E-state index in [2.05, 4.69) is 4.74 Å². The van der Waals surface area contributed by atoms with Gasteiger partial charge in [0.25, 0.3) is 0 Å². The highest BCUT2D eigenvalue weighted by atomic mass is 35.5. The molecule has 1 aromatic rings. The van der Waals surface area contributed by atoms with Crippen LogP contribution in [0.5, 0.6) is 0 Å². The van der Waals surface area contributed by atoms with E-state index in [-0.39, 0.29) is 5.97 Å². The first-order chi connectivity index (χ1) is 5.72. The molecular formula is C8H7ClO2S. The molecule has 0 fully saturated rings. The van der Waals surface area contributed by atoms with Gasteiger partial charge in [0.05, 0.1) is 12.1 Å². The van der Waals surface area contributed by atoms with E-state index in [0.29, 0.717) is 5.02 Å². The quantitative estimate of drug-likeness (QED) is 0.544. The van der Waals surface area contributed by atoms with Crippen LogP contribution in [-0.2, 0) is 9.53 Å². The Labute approximate surface area is 79.4 Å². The predicted octanol–water partition coefficient (Wildman–Crippen LogP) is 2.59. The van der Waals surface area contributed by atoms with Gasteiger partial charge in [0.2, 0.25) is 0 Å². The second kappa shape index (κ2) is 4.28. The number of thiophene rings is 1. The molecule has 0 atom stereocenters. The molecule has 0 saturated heterocycles. The minimum atomic E-state index is -0.362. The minimum absolute atomic E-state index is 0.362. The fourth-order valence-corrected chi connectivity index (χ4v) is 1.61. The van der Waals surface area contributed by atoms with Crippen molar-refractivity contribution >= 4 is 35.0 Å². The summed E-state index contributed by atoms with van der Waals surface area (Å²) in [5.74, 6) is -0.362. The Kier molecular flexibility index (Phi) is 3.31. The second-order valence-electron chi connectivity index (χ2n) is 2.02. The van der Waals surface area contributed by atoms with Gasteiger partial charge < -0.3 is 4.74 Å². The Bertz CT molecular complexity index is 304. The molecule has 0 radical (unpaired) electrons. The summed E-state index contributed by atoms with van der Waals surface area (Å²) in [5, 5.41) is 2.49. The van der Waals surface area contributed by atoms with Crippen molar-refractivity contribution in [3.05, 3.63) is 27.4 Å². The molecule has 0 aliphatic carbocycles. The van der Waals surface area contributed by atoms with Crippen LogP contribution in [0.1, 0.15) is 4.88 Å². The maximum absolute atomic E-state index is 10.7. The van der Waals surface area contributed by atoms with Gasteiger partial charge in [0, 0.05) is 16.3 Å². The Balaban J connectivity index is 2.63. The molecule has 1 rings (SSSR count). The summed E-state index contributed by atoms with van der Waals surface area (Å²) in [5.41, 5.74) is 0. The molecule has 0 aliphatic heterocycles. The van der Waals surface area contributed by atoms with Crippen molar-refractivity contribution < 1.29 is 9.53 Å². The molecule has 1 aromatic heterocycles. The third kappa shape index (κ3) is 2.68. The zero-order valence-corrected chi connectivity index (χ0v) is 7.98. The lowest BCUT2D eigenvalue weighted by Crippen LogP contribution is -1.92. The zero-order valence-electron chi connectivity index (χ0n) is 6.41. The van der Waals surface area contributed by atoms with E-state index in [0.717, 1.165) is 4.88 Å². The molecule has 0 aromatic carbocycles. The second-order valence-corrected chi connectivity index (χ2v) is 3.40. The summed E-state index contributed by atoms with van der Waals surface area (Å²) < 4.78 is 4.42. The van der Waals surface area contributed by atoms with Gasteiger partial charge in [0.1, 0.15) is 0 Å². The van der Waals surface area contributed by atoms with Crippen molar-refractivity contribution in [1.82, 2.24) is 0 Å². The Morgan fingerprint density at radius 1 is 1.75 bits per heavy atom. The van der Waals surface area contributed by atoms with Crippen molar-refractivity contribution in [3.8, 4) is 0 Å². The fraction of sp³-hybridized carbons (Fsp3) is 0.125. The van der Waals surface area contributed by atoms with Crippen molar-refractivity contribution in [3.63, 3.8) is 0 Å². The van der Waals surface area contributed by atoms with Crippen LogP contribution in [0.4, 0.5) is 0 Å². The number of halogens is 1. The smallest absolute Gasteiger partial charge is 0.330 e. The van der Waals surface area contributed by atoms with E-state index in [1.54, 1.807) is 17.5 Å². The highest BCUT2D eigenvalue weighted by Gasteiger charge is 1.94. The third-order valence-corrected chi connectivity index (χ3v) is 2.42. The molecule has 0 bridgehead atoms. The number of methoxy groups -OCH3 is 1. The summed E-state index contributed by atoms with van der Waals surface area (Å²) >= 11 is 7.15. The maximum Gasteiger partial charge on any atom is 0.330 e. The molecule has 64 valence electrons. The summed E-state index contributed by atoms with van der Waals surface area (Å²) in [4.78, 5) is 11.6. The first-order valence-corrected chi connectivity index (χ1v) is 4.48. The topological polar surface area (TPSA) is 26.3 Å². The number of carbonyl (C=O) groups is 1. The number of rotatable bonds is 2. The SMILES string of the molecule is COC(=O)C=Cc1cc(Cl)cs1. The summed E-state index contributed by atoms with van der Waals surface area (Å²) in [6, 6.07) is 1.78. The number of hydrogen-bond acceptors (Lipinski definition) is 3. The fourth-order valence-electron chi connectivity index (χ4n) is 0.634. The molecule has 4 heteroatoms. The lowest BCUT2D eigenvalue weighted by atomic mass is 10.4. The molecule has 0 spiro atoms. The standard InChI is InChI=1S/C8H7ClO2S/c1-11-8(10)3-2-7-4-6(9)5-12-7/h2-5H,1H3. The average molecular weight is 203 g/mol. The molecule has 0 unspecified atom stereocenters.